The molecule has 0 radical (unpaired) electrons. The molecule has 1 aliphatic heterocycles. The van der Waals surface area contributed by atoms with Gasteiger partial charge in [0.15, 0.2) is 5.58 Å². The van der Waals surface area contributed by atoms with Gasteiger partial charge in [0.1, 0.15) is 23.5 Å². The van der Waals surface area contributed by atoms with Crippen molar-refractivity contribution in [1.82, 2.24) is 40.7 Å². The SMILES string of the molecule is C=CNC/C(C=NCN(CCN=C/C(=C\N=C)C(=C)NCCOCCOCCOCCOCN1CCc2cc(CNc3ncnc(N)c3C(=N)c3ccc4oc(N)nc4c3)ccc2C1)CCNC)=C/N=C. The number of rotatable bonds is 36. The second kappa shape index (κ2) is 31.3. The molecule has 0 saturated carbocycles. The number of aliphatic imine (C=N–C) groups is 4. The number of fused-ring (bicyclic) bond motifs is 2. The van der Waals surface area contributed by atoms with Crippen molar-refractivity contribution in [3.05, 3.63) is 119 Å². The Hall–Kier alpha value is -6.98. The van der Waals surface area contributed by atoms with Crippen LogP contribution in [-0.2, 0) is 38.5 Å². The molecule has 0 fully saturated rings. The van der Waals surface area contributed by atoms with Crippen molar-refractivity contribution in [2.24, 2.45) is 20.0 Å². The smallest absolute Gasteiger partial charge is 0.292 e. The van der Waals surface area contributed by atoms with Gasteiger partial charge in [0.25, 0.3) is 6.01 Å². The third-order valence-electron chi connectivity index (χ3n) is 10.9. The summed E-state index contributed by atoms with van der Waals surface area (Å²) in [6.07, 6.45) is 10.8. The molecule has 5 rings (SSSR count). The van der Waals surface area contributed by atoms with Gasteiger partial charge in [0.05, 0.1) is 77.5 Å². The number of benzene rings is 2. The number of nitrogens with one attached hydrogen (secondary N) is 5. The normalized spacial score (nSPS) is 13.3. The standard InChI is InChI=1S/C50H70N16O5/c1-6-57-28-39(27-55-4)29-59-35-65(16-12-54-3)17-13-58-32-43(31-56-5)37(2)60-14-18-67-19-20-68-21-22-69-23-24-70-36-66-15-11-40-25-38(7-8-42(40)33-66)30-61-49-46(48(52)62-34-63-49)47(51)41-9-10-45-44(26-41)64-50(53)71-45/h6-10,25-27,29,31-32,34,51,54,57,60H,1-2,4-5,11-24,28,30,33,35-36H2,3H3,(H2,53,64)(H3,52,61,62,63)/b39-27-,43-31+,51-47?,58-32?,59-29?. The highest BCUT2D eigenvalue weighted by Crippen LogP contribution is 2.26. The van der Waals surface area contributed by atoms with Gasteiger partial charge in [-0.25, -0.2) is 9.97 Å². The Morgan fingerprint density at radius 3 is 2.45 bits per heavy atom. The Labute approximate surface area is 416 Å². The molecule has 2 aromatic carbocycles. The number of hydrogen-bond donors (Lipinski definition) is 7. The summed E-state index contributed by atoms with van der Waals surface area (Å²) in [5.41, 5.74) is 20.2. The minimum Gasteiger partial charge on any atom is -0.424 e. The molecule has 21 heteroatoms. The molecule has 0 aliphatic carbocycles. The van der Waals surface area contributed by atoms with E-state index in [1.165, 1.54) is 17.5 Å². The summed E-state index contributed by atoms with van der Waals surface area (Å²) >= 11 is 0. The van der Waals surface area contributed by atoms with Gasteiger partial charge in [-0.1, -0.05) is 31.4 Å². The van der Waals surface area contributed by atoms with Crippen LogP contribution < -0.4 is 32.7 Å². The number of ether oxygens (including phenoxy) is 4. The van der Waals surface area contributed by atoms with Gasteiger partial charge in [-0.05, 0) is 68.0 Å². The zero-order valence-corrected chi connectivity index (χ0v) is 40.9. The molecule has 3 heterocycles. The lowest BCUT2D eigenvalue weighted by Gasteiger charge is -2.28. The molecule has 2 aromatic heterocycles. The highest BCUT2D eigenvalue weighted by Gasteiger charge is 2.19. The monoisotopic (exact) mass is 975 g/mol. The van der Waals surface area contributed by atoms with Crippen molar-refractivity contribution in [3.8, 4) is 0 Å². The van der Waals surface area contributed by atoms with Crippen LogP contribution in [0, 0.1) is 5.41 Å². The molecule has 0 amide bonds. The van der Waals surface area contributed by atoms with Crippen LogP contribution in [0.25, 0.3) is 11.1 Å². The summed E-state index contributed by atoms with van der Waals surface area (Å²) < 4.78 is 28.4. The van der Waals surface area contributed by atoms with Gasteiger partial charge in [-0.3, -0.25) is 35.2 Å². The molecule has 0 bridgehead atoms. The first-order valence-corrected chi connectivity index (χ1v) is 23.4. The van der Waals surface area contributed by atoms with Gasteiger partial charge in [-0.15, -0.1) is 0 Å². The molecule has 0 spiro atoms. The van der Waals surface area contributed by atoms with E-state index in [-0.39, 0.29) is 17.5 Å². The molecule has 0 unspecified atom stereocenters. The van der Waals surface area contributed by atoms with Gasteiger partial charge in [0, 0.05) is 99.6 Å². The van der Waals surface area contributed by atoms with Crippen LogP contribution in [0.4, 0.5) is 17.7 Å². The minimum absolute atomic E-state index is 0.0664. The molecule has 4 aromatic rings. The predicted molar refractivity (Wildman–Crippen MR) is 285 cm³/mol. The summed E-state index contributed by atoms with van der Waals surface area (Å²) in [5.74, 6) is 0.676. The van der Waals surface area contributed by atoms with Crippen LogP contribution >= 0.6 is 0 Å². The number of nitrogen functional groups attached to an aromatic ring is 2. The van der Waals surface area contributed by atoms with E-state index in [0.29, 0.717) is 120 Å². The average molecular weight is 975 g/mol. The molecule has 9 N–H and O–H groups in total. The summed E-state index contributed by atoms with van der Waals surface area (Å²) in [7, 11) is 1.93. The molecule has 1 aliphatic rings. The van der Waals surface area contributed by atoms with E-state index >= 15 is 0 Å². The van der Waals surface area contributed by atoms with Gasteiger partial charge >= 0.3 is 0 Å². The maximum atomic E-state index is 8.94. The van der Waals surface area contributed by atoms with Crippen LogP contribution in [0.15, 0.2) is 116 Å². The lowest BCUT2D eigenvalue weighted by molar-refractivity contribution is -0.0260. The van der Waals surface area contributed by atoms with E-state index in [1.54, 1.807) is 49.2 Å². The Morgan fingerprint density at radius 1 is 0.915 bits per heavy atom. The fourth-order valence-electron chi connectivity index (χ4n) is 7.20. The first-order chi connectivity index (χ1) is 34.7. The number of nitrogens with two attached hydrogens (primary N) is 2. The first kappa shape index (κ1) is 55.0. The Bertz CT molecular complexity index is 2470. The van der Waals surface area contributed by atoms with Crippen molar-refractivity contribution >= 4 is 60.3 Å². The molecule has 71 heavy (non-hydrogen) atoms. The van der Waals surface area contributed by atoms with E-state index in [4.69, 9.17) is 40.2 Å². The summed E-state index contributed by atoms with van der Waals surface area (Å²) in [6, 6.07) is 11.8. The molecule has 21 nitrogen and oxygen atoms in total. The van der Waals surface area contributed by atoms with Crippen molar-refractivity contribution in [2.75, 3.05) is 129 Å². The second-order valence-electron chi connectivity index (χ2n) is 16.1. The highest BCUT2D eigenvalue weighted by atomic mass is 16.6. The first-order valence-electron chi connectivity index (χ1n) is 23.4. The van der Waals surface area contributed by atoms with Crippen LogP contribution in [0.3, 0.4) is 0 Å². The zero-order chi connectivity index (χ0) is 50.5. The quantitative estimate of drug-likeness (QED) is 0.0194. The van der Waals surface area contributed by atoms with Crippen LogP contribution in [0.2, 0.25) is 0 Å². The molecule has 380 valence electrons. The van der Waals surface area contributed by atoms with Gasteiger partial charge < -0.3 is 56.1 Å². The number of allylic oxidation sites excluding steroid dienone is 1. The van der Waals surface area contributed by atoms with E-state index in [9.17, 15) is 0 Å². The number of hydrogen-bond acceptors (Lipinski definition) is 21. The fraction of sp³-hybridized carbons (Fsp3) is 0.400. The van der Waals surface area contributed by atoms with E-state index in [1.807, 2.05) is 7.05 Å². The third-order valence-corrected chi connectivity index (χ3v) is 10.9. The van der Waals surface area contributed by atoms with Crippen LogP contribution in [-0.4, -0.2) is 169 Å². The topological polar surface area (TPSA) is 269 Å². The lowest BCUT2D eigenvalue weighted by Crippen LogP contribution is -2.33. The molecule has 0 atom stereocenters. The van der Waals surface area contributed by atoms with Crippen molar-refractivity contribution < 1.29 is 23.4 Å². The largest absolute Gasteiger partial charge is 0.424 e. The second-order valence-corrected chi connectivity index (χ2v) is 16.1. The highest BCUT2D eigenvalue weighted by molar-refractivity contribution is 6.17. The maximum Gasteiger partial charge on any atom is 0.292 e. The molecule has 0 saturated heterocycles. The van der Waals surface area contributed by atoms with Crippen molar-refractivity contribution in [2.45, 2.75) is 19.5 Å². The van der Waals surface area contributed by atoms with E-state index in [0.717, 1.165) is 55.9 Å². The summed E-state index contributed by atoms with van der Waals surface area (Å²) in [4.78, 5) is 34.2. The van der Waals surface area contributed by atoms with Crippen LogP contribution in [0.1, 0.15) is 27.8 Å². The average Bonchev–Trinajstić information content (AvgIpc) is 3.76. The molecular formula is C50H70N16O5. The number of oxazole rings is 1. The Balaban J connectivity index is 0.883. The fourth-order valence-corrected chi connectivity index (χ4v) is 7.20. The van der Waals surface area contributed by atoms with Crippen LogP contribution in [0.5, 0.6) is 0 Å². The molecular weight excluding hydrogens is 905 g/mol. The van der Waals surface area contributed by atoms with E-state index in [2.05, 4.69) is 111 Å². The number of nitrogens with zero attached hydrogens (tertiary/aromatic N) is 9. The summed E-state index contributed by atoms with van der Waals surface area (Å²) in [5, 5.41) is 21.8. The Morgan fingerprint density at radius 2 is 1.69 bits per heavy atom. The zero-order valence-electron chi connectivity index (χ0n) is 40.9. The predicted octanol–water partition coefficient (Wildman–Crippen LogP) is 3.82. The Kier molecular flexibility index (Phi) is 24.2. The lowest BCUT2D eigenvalue weighted by atomic mass is 9.97. The van der Waals surface area contributed by atoms with E-state index < -0.39 is 0 Å². The summed E-state index contributed by atoms with van der Waals surface area (Å²) in [6.45, 7) is 25.6. The number of aromatic nitrogens is 3. The maximum absolute atomic E-state index is 8.94. The number of likely N-dealkylation sites (N-methyl/N-ethyl adjacent to an activating group) is 1. The minimum atomic E-state index is 0.0664. The van der Waals surface area contributed by atoms with Crippen molar-refractivity contribution in [1.29, 1.82) is 5.41 Å². The van der Waals surface area contributed by atoms with Gasteiger partial charge in [0.2, 0.25) is 0 Å². The van der Waals surface area contributed by atoms with Crippen molar-refractivity contribution in [3.63, 3.8) is 0 Å². The van der Waals surface area contributed by atoms with Gasteiger partial charge in [-0.2, -0.15) is 4.98 Å². The third kappa shape index (κ3) is 19.0. The number of anilines is 3.